The largest absolute Gasteiger partial charge is 0.358 e. The molecule has 1 unspecified atom stereocenters. The van der Waals surface area contributed by atoms with Gasteiger partial charge in [-0.25, -0.2) is 0 Å². The number of halogens is 1. The third-order valence-electron chi connectivity index (χ3n) is 3.58. The molecule has 3 nitrogen and oxygen atoms in total. The summed E-state index contributed by atoms with van der Waals surface area (Å²) in [5.74, 6) is 0.168. The Morgan fingerprint density at radius 3 is 3.06 bits per heavy atom. The summed E-state index contributed by atoms with van der Waals surface area (Å²) < 4.78 is 1.16. The summed E-state index contributed by atoms with van der Waals surface area (Å²) in [6.07, 6.45) is 4.57. The number of hydrogen-bond acceptors (Lipinski definition) is 2. The van der Waals surface area contributed by atoms with Crippen molar-refractivity contribution in [1.82, 2.24) is 0 Å². The monoisotopic (exact) mass is 342 g/mol. The number of fused-ring (bicyclic) bond motifs is 3. The Bertz CT molecular complexity index is 461. The fourth-order valence-electron chi connectivity index (χ4n) is 2.74. The van der Waals surface area contributed by atoms with E-state index in [1.54, 1.807) is 0 Å². The fourth-order valence-corrected chi connectivity index (χ4v) is 3.24. The van der Waals surface area contributed by atoms with Crippen molar-refractivity contribution in [2.45, 2.75) is 31.7 Å². The SMILES string of the molecule is O=C1Nc2cc(I)ccc2N2CCCCCC12. The molecule has 1 aromatic rings. The minimum Gasteiger partial charge on any atom is -0.358 e. The molecule has 1 saturated heterocycles. The molecule has 1 fully saturated rings. The van der Waals surface area contributed by atoms with E-state index in [-0.39, 0.29) is 11.9 Å². The summed E-state index contributed by atoms with van der Waals surface area (Å²) >= 11 is 2.28. The van der Waals surface area contributed by atoms with Crippen molar-refractivity contribution in [2.24, 2.45) is 0 Å². The molecule has 2 aliphatic heterocycles. The molecule has 2 heterocycles. The van der Waals surface area contributed by atoms with E-state index in [1.165, 1.54) is 18.5 Å². The first kappa shape index (κ1) is 11.3. The van der Waals surface area contributed by atoms with E-state index >= 15 is 0 Å². The number of hydrogen-bond donors (Lipinski definition) is 1. The quantitative estimate of drug-likeness (QED) is 0.736. The lowest BCUT2D eigenvalue weighted by Crippen LogP contribution is -2.47. The van der Waals surface area contributed by atoms with E-state index in [4.69, 9.17) is 0 Å². The van der Waals surface area contributed by atoms with Gasteiger partial charge in [0.2, 0.25) is 5.91 Å². The van der Waals surface area contributed by atoms with Crippen LogP contribution in [0.1, 0.15) is 25.7 Å². The Balaban J connectivity index is 2.04. The highest BCUT2D eigenvalue weighted by atomic mass is 127. The van der Waals surface area contributed by atoms with Gasteiger partial charge in [0.1, 0.15) is 6.04 Å². The second kappa shape index (κ2) is 4.48. The first-order chi connectivity index (χ1) is 8.25. The van der Waals surface area contributed by atoms with Crippen LogP contribution in [0.5, 0.6) is 0 Å². The van der Waals surface area contributed by atoms with Gasteiger partial charge in [-0.2, -0.15) is 0 Å². The van der Waals surface area contributed by atoms with Crippen molar-refractivity contribution >= 4 is 39.9 Å². The molecular formula is C13H15IN2O. The van der Waals surface area contributed by atoms with Crippen LogP contribution >= 0.6 is 22.6 Å². The minimum atomic E-state index is 0.0464. The van der Waals surface area contributed by atoms with Gasteiger partial charge in [0.15, 0.2) is 0 Å². The van der Waals surface area contributed by atoms with Crippen molar-refractivity contribution in [1.29, 1.82) is 0 Å². The number of benzene rings is 1. The molecule has 3 rings (SSSR count). The van der Waals surface area contributed by atoms with Crippen molar-refractivity contribution in [3.63, 3.8) is 0 Å². The average molecular weight is 342 g/mol. The van der Waals surface area contributed by atoms with E-state index in [0.717, 1.165) is 28.6 Å². The number of nitrogens with zero attached hydrogens (tertiary/aromatic N) is 1. The first-order valence-corrected chi connectivity index (χ1v) is 7.20. The Kier molecular flexibility index (Phi) is 2.98. The lowest BCUT2D eigenvalue weighted by atomic mass is 10.0. The van der Waals surface area contributed by atoms with Gasteiger partial charge >= 0.3 is 0 Å². The van der Waals surface area contributed by atoms with Crippen LogP contribution in [0.15, 0.2) is 18.2 Å². The second-order valence-corrected chi connectivity index (χ2v) is 5.95. The fraction of sp³-hybridized carbons (Fsp3) is 0.462. The summed E-state index contributed by atoms with van der Waals surface area (Å²) in [6.45, 7) is 1.01. The van der Waals surface area contributed by atoms with E-state index in [9.17, 15) is 4.79 Å². The number of rotatable bonds is 0. The van der Waals surface area contributed by atoms with Gasteiger partial charge in [-0.1, -0.05) is 12.8 Å². The third-order valence-corrected chi connectivity index (χ3v) is 4.25. The Morgan fingerprint density at radius 2 is 2.18 bits per heavy atom. The Morgan fingerprint density at radius 1 is 1.29 bits per heavy atom. The van der Waals surface area contributed by atoms with Crippen molar-refractivity contribution in [3.05, 3.63) is 21.8 Å². The Labute approximate surface area is 115 Å². The van der Waals surface area contributed by atoms with Gasteiger partial charge in [0.05, 0.1) is 11.4 Å². The number of nitrogens with one attached hydrogen (secondary N) is 1. The average Bonchev–Trinajstić information content (AvgIpc) is 2.54. The highest BCUT2D eigenvalue weighted by molar-refractivity contribution is 14.1. The summed E-state index contributed by atoms with van der Waals surface area (Å²) in [6, 6.07) is 6.34. The zero-order chi connectivity index (χ0) is 11.8. The van der Waals surface area contributed by atoms with Crippen molar-refractivity contribution in [3.8, 4) is 0 Å². The number of amides is 1. The molecule has 0 spiro atoms. The van der Waals surface area contributed by atoms with Gasteiger partial charge in [0.25, 0.3) is 0 Å². The molecule has 1 amide bonds. The van der Waals surface area contributed by atoms with E-state index in [2.05, 4.69) is 51.0 Å². The van der Waals surface area contributed by atoms with Crippen LogP contribution in [0.2, 0.25) is 0 Å². The standard InChI is InChI=1S/C13H15IN2O/c14-9-5-6-11-10(8-9)15-13(17)12-4-2-1-3-7-16(11)12/h5-6,8,12H,1-4,7H2,(H,15,17). The van der Waals surface area contributed by atoms with Gasteiger partial charge in [-0.3, -0.25) is 4.79 Å². The predicted octanol–water partition coefficient (Wildman–Crippen LogP) is 2.99. The molecule has 0 bridgehead atoms. The maximum Gasteiger partial charge on any atom is 0.247 e. The summed E-state index contributed by atoms with van der Waals surface area (Å²) in [5, 5.41) is 3.04. The van der Waals surface area contributed by atoms with Crippen LogP contribution in [0.25, 0.3) is 0 Å². The van der Waals surface area contributed by atoms with Crippen LogP contribution in [-0.2, 0) is 4.79 Å². The molecule has 4 heteroatoms. The molecule has 90 valence electrons. The van der Waals surface area contributed by atoms with E-state index in [0.29, 0.717) is 0 Å². The minimum absolute atomic E-state index is 0.0464. The maximum absolute atomic E-state index is 12.1. The van der Waals surface area contributed by atoms with E-state index < -0.39 is 0 Å². The van der Waals surface area contributed by atoms with Gasteiger partial charge in [-0.05, 0) is 53.6 Å². The van der Waals surface area contributed by atoms with Crippen LogP contribution in [0.4, 0.5) is 11.4 Å². The van der Waals surface area contributed by atoms with Crippen molar-refractivity contribution in [2.75, 3.05) is 16.8 Å². The molecule has 2 aliphatic rings. The molecule has 0 aliphatic carbocycles. The molecule has 0 radical (unpaired) electrons. The molecule has 1 N–H and O–H groups in total. The summed E-state index contributed by atoms with van der Waals surface area (Å²) in [7, 11) is 0. The maximum atomic E-state index is 12.1. The lowest BCUT2D eigenvalue weighted by molar-refractivity contribution is -0.117. The number of anilines is 2. The van der Waals surface area contributed by atoms with Crippen LogP contribution in [-0.4, -0.2) is 18.5 Å². The molecule has 0 aromatic heterocycles. The highest BCUT2D eigenvalue weighted by Gasteiger charge is 2.33. The topological polar surface area (TPSA) is 32.3 Å². The number of carbonyl (C=O) groups excluding carboxylic acids is 1. The molecule has 17 heavy (non-hydrogen) atoms. The van der Waals surface area contributed by atoms with Crippen LogP contribution in [0.3, 0.4) is 0 Å². The zero-order valence-corrected chi connectivity index (χ0v) is 11.7. The zero-order valence-electron chi connectivity index (χ0n) is 9.58. The van der Waals surface area contributed by atoms with E-state index in [1.807, 2.05) is 0 Å². The molecule has 0 saturated carbocycles. The van der Waals surface area contributed by atoms with Gasteiger partial charge in [-0.15, -0.1) is 0 Å². The van der Waals surface area contributed by atoms with Crippen molar-refractivity contribution < 1.29 is 4.79 Å². The Hall–Kier alpha value is -0.780. The summed E-state index contributed by atoms with van der Waals surface area (Å²) in [5.41, 5.74) is 2.16. The second-order valence-electron chi connectivity index (χ2n) is 4.71. The van der Waals surface area contributed by atoms with Crippen LogP contribution in [0, 0.1) is 3.57 Å². The lowest BCUT2D eigenvalue weighted by Gasteiger charge is -2.37. The van der Waals surface area contributed by atoms with Crippen LogP contribution < -0.4 is 10.2 Å². The molecule has 1 atom stereocenters. The van der Waals surface area contributed by atoms with Gasteiger partial charge < -0.3 is 10.2 Å². The molecule has 1 aromatic carbocycles. The number of carbonyl (C=O) groups is 1. The van der Waals surface area contributed by atoms with Gasteiger partial charge in [0, 0.05) is 10.1 Å². The predicted molar refractivity (Wildman–Crippen MR) is 77.4 cm³/mol. The first-order valence-electron chi connectivity index (χ1n) is 6.13. The highest BCUT2D eigenvalue weighted by Crippen LogP contribution is 2.36. The normalized spacial score (nSPS) is 23.5. The third kappa shape index (κ3) is 2.03. The smallest absolute Gasteiger partial charge is 0.247 e. The molecular weight excluding hydrogens is 327 g/mol. The summed E-state index contributed by atoms with van der Waals surface area (Å²) in [4.78, 5) is 14.4.